The van der Waals surface area contributed by atoms with Crippen molar-refractivity contribution in [3.8, 4) is 5.69 Å². The number of nitrogens with zero attached hydrogens (tertiary/aromatic N) is 1. The van der Waals surface area contributed by atoms with Crippen molar-refractivity contribution in [3.63, 3.8) is 0 Å². The van der Waals surface area contributed by atoms with Crippen LogP contribution in [0, 0.1) is 6.92 Å². The molecule has 0 aliphatic rings. The van der Waals surface area contributed by atoms with E-state index in [0.717, 1.165) is 21.6 Å². The van der Waals surface area contributed by atoms with Crippen LogP contribution in [0.3, 0.4) is 0 Å². The summed E-state index contributed by atoms with van der Waals surface area (Å²) in [6.07, 6.45) is 0. The summed E-state index contributed by atoms with van der Waals surface area (Å²) in [4.78, 5) is 40.7. The highest BCUT2D eigenvalue weighted by Crippen LogP contribution is 2.25. The third kappa shape index (κ3) is 4.55. The first-order valence-electron chi connectivity index (χ1n) is 9.76. The zero-order valence-corrected chi connectivity index (χ0v) is 20.2. The Morgan fingerprint density at radius 1 is 1.06 bits per heavy atom. The standard InChI is InChI=1S/C21H18ClN5O5S2/c1-11-9-13(24-20(29)26-34(31,32)18-8-7-17(22)33-18)4-6-16(11)27-19(28)14-5-3-12(23-2)10-15(14)25-21(27)30/h3-10,23H,1-2H3,(H,25,30)(H2,24,26,29). The van der Waals surface area contributed by atoms with Crippen molar-refractivity contribution in [1.29, 1.82) is 0 Å². The van der Waals surface area contributed by atoms with Gasteiger partial charge in [-0.15, -0.1) is 11.3 Å². The minimum atomic E-state index is -4.08. The number of benzene rings is 2. The second kappa shape index (κ2) is 8.97. The molecule has 0 aliphatic heterocycles. The summed E-state index contributed by atoms with van der Waals surface area (Å²) in [5.74, 6) is 0. The van der Waals surface area contributed by atoms with Crippen molar-refractivity contribution in [2.45, 2.75) is 11.1 Å². The number of aryl methyl sites for hydroxylation is 1. The third-order valence-corrected chi connectivity index (χ3v) is 7.98. The van der Waals surface area contributed by atoms with Gasteiger partial charge in [0.1, 0.15) is 4.21 Å². The number of H-pyrrole nitrogens is 1. The Kier molecular flexibility index (Phi) is 6.21. The molecule has 2 aromatic heterocycles. The van der Waals surface area contributed by atoms with Gasteiger partial charge in [-0.3, -0.25) is 4.79 Å². The average Bonchev–Trinajstić information content (AvgIpc) is 3.21. The molecule has 2 amide bonds. The van der Waals surface area contributed by atoms with Crippen molar-refractivity contribution in [2.75, 3.05) is 17.7 Å². The molecule has 13 heteroatoms. The molecule has 4 aromatic rings. The van der Waals surface area contributed by atoms with Gasteiger partial charge >= 0.3 is 11.7 Å². The molecule has 0 unspecified atom stereocenters. The highest BCUT2D eigenvalue weighted by Gasteiger charge is 2.20. The van der Waals surface area contributed by atoms with Gasteiger partial charge in [-0.25, -0.2) is 27.3 Å². The number of rotatable bonds is 5. The number of anilines is 2. The number of aromatic nitrogens is 2. The molecule has 0 fully saturated rings. The molecule has 176 valence electrons. The molecular formula is C21H18ClN5O5S2. The SMILES string of the molecule is CNc1ccc2c(=O)n(-c3ccc(NC(=O)NS(=O)(=O)c4ccc(Cl)s4)cc3C)c(=O)[nH]c2c1. The first kappa shape index (κ1) is 23.5. The zero-order chi connectivity index (χ0) is 24.6. The Bertz CT molecular complexity index is 1660. The number of amides is 2. The van der Waals surface area contributed by atoms with E-state index in [1.54, 1.807) is 32.2 Å². The zero-order valence-electron chi connectivity index (χ0n) is 17.8. The van der Waals surface area contributed by atoms with E-state index < -0.39 is 27.3 Å². The summed E-state index contributed by atoms with van der Waals surface area (Å²) in [6, 6.07) is 11.2. The van der Waals surface area contributed by atoms with Crippen LogP contribution in [-0.2, 0) is 10.0 Å². The number of carbonyl (C=O) groups excluding carboxylic acids is 1. The first-order valence-corrected chi connectivity index (χ1v) is 12.4. The number of sulfonamides is 1. The second-order valence-corrected chi connectivity index (χ2v) is 10.8. The average molecular weight is 520 g/mol. The molecule has 34 heavy (non-hydrogen) atoms. The van der Waals surface area contributed by atoms with Gasteiger partial charge in [0.2, 0.25) is 0 Å². The Morgan fingerprint density at radius 3 is 2.44 bits per heavy atom. The van der Waals surface area contributed by atoms with Crippen LogP contribution in [0.15, 0.2) is 62.3 Å². The van der Waals surface area contributed by atoms with Gasteiger partial charge in [-0.05, 0) is 61.0 Å². The molecule has 0 aliphatic carbocycles. The smallest absolute Gasteiger partial charge is 0.333 e. The summed E-state index contributed by atoms with van der Waals surface area (Å²) >= 11 is 6.57. The lowest BCUT2D eigenvalue weighted by Gasteiger charge is -2.12. The van der Waals surface area contributed by atoms with Crippen LogP contribution in [0.5, 0.6) is 0 Å². The van der Waals surface area contributed by atoms with Gasteiger partial charge in [0, 0.05) is 18.4 Å². The van der Waals surface area contributed by atoms with Crippen LogP contribution < -0.4 is 26.6 Å². The van der Waals surface area contributed by atoms with E-state index >= 15 is 0 Å². The van der Waals surface area contributed by atoms with Crippen molar-refractivity contribution in [2.24, 2.45) is 0 Å². The fourth-order valence-corrected chi connectivity index (χ4v) is 5.74. The van der Waals surface area contributed by atoms with Crippen LogP contribution in [0.25, 0.3) is 16.6 Å². The lowest BCUT2D eigenvalue weighted by atomic mass is 10.1. The predicted octanol–water partition coefficient (Wildman–Crippen LogP) is 3.25. The van der Waals surface area contributed by atoms with E-state index in [0.29, 0.717) is 22.2 Å². The maximum absolute atomic E-state index is 13.0. The highest BCUT2D eigenvalue weighted by atomic mass is 35.5. The molecule has 0 bridgehead atoms. The van der Waals surface area contributed by atoms with Gasteiger partial charge in [-0.2, -0.15) is 0 Å². The number of hydrogen-bond donors (Lipinski definition) is 4. The predicted molar refractivity (Wildman–Crippen MR) is 133 cm³/mol. The van der Waals surface area contributed by atoms with E-state index in [2.05, 4.69) is 15.6 Å². The van der Waals surface area contributed by atoms with Crippen molar-refractivity contribution in [3.05, 3.63) is 79.3 Å². The molecule has 2 aromatic carbocycles. The van der Waals surface area contributed by atoms with E-state index in [1.807, 2.05) is 4.72 Å². The van der Waals surface area contributed by atoms with Crippen molar-refractivity contribution < 1.29 is 13.2 Å². The van der Waals surface area contributed by atoms with E-state index in [-0.39, 0.29) is 14.2 Å². The fourth-order valence-electron chi connectivity index (χ4n) is 3.35. The summed E-state index contributed by atoms with van der Waals surface area (Å²) in [6.45, 7) is 1.66. The quantitative estimate of drug-likeness (QED) is 0.319. The van der Waals surface area contributed by atoms with Crippen LogP contribution in [0.2, 0.25) is 4.34 Å². The minimum absolute atomic E-state index is 0.101. The molecule has 0 atom stereocenters. The molecule has 4 rings (SSSR count). The van der Waals surface area contributed by atoms with Crippen LogP contribution >= 0.6 is 22.9 Å². The Morgan fingerprint density at radius 2 is 1.79 bits per heavy atom. The molecule has 0 saturated carbocycles. The molecular weight excluding hydrogens is 502 g/mol. The monoisotopic (exact) mass is 519 g/mol. The molecule has 0 radical (unpaired) electrons. The van der Waals surface area contributed by atoms with Gasteiger partial charge in [-0.1, -0.05) is 11.6 Å². The van der Waals surface area contributed by atoms with Gasteiger partial charge in [0.15, 0.2) is 0 Å². The number of halogens is 1. The van der Waals surface area contributed by atoms with Crippen molar-refractivity contribution in [1.82, 2.24) is 14.3 Å². The number of fused-ring (bicyclic) bond motifs is 1. The van der Waals surface area contributed by atoms with Crippen LogP contribution in [0.1, 0.15) is 5.56 Å². The van der Waals surface area contributed by atoms with Crippen LogP contribution in [-0.4, -0.2) is 31.0 Å². The van der Waals surface area contributed by atoms with Gasteiger partial charge < -0.3 is 15.6 Å². The number of urea groups is 1. The van der Waals surface area contributed by atoms with E-state index in [1.165, 1.54) is 30.3 Å². The Labute approximate surface area is 202 Å². The molecule has 2 heterocycles. The largest absolute Gasteiger partial charge is 0.388 e. The highest BCUT2D eigenvalue weighted by molar-refractivity contribution is 7.92. The molecule has 0 spiro atoms. The Hall–Kier alpha value is -3.61. The van der Waals surface area contributed by atoms with Gasteiger partial charge in [0.25, 0.3) is 15.6 Å². The lowest BCUT2D eigenvalue weighted by molar-refractivity contribution is 0.256. The lowest BCUT2D eigenvalue weighted by Crippen LogP contribution is -2.34. The van der Waals surface area contributed by atoms with E-state index in [9.17, 15) is 22.8 Å². The number of nitrogens with one attached hydrogen (secondary N) is 4. The number of thiophene rings is 1. The maximum Gasteiger partial charge on any atom is 0.333 e. The topological polar surface area (TPSA) is 142 Å². The summed E-state index contributed by atoms with van der Waals surface area (Å²) in [5.41, 5.74) is 1.12. The number of carbonyl (C=O) groups is 1. The molecule has 0 saturated heterocycles. The van der Waals surface area contributed by atoms with Crippen molar-refractivity contribution >= 4 is 61.3 Å². The van der Waals surface area contributed by atoms with Crippen LogP contribution in [0.4, 0.5) is 16.2 Å². The number of hydrogen-bond acceptors (Lipinski definition) is 7. The summed E-state index contributed by atoms with van der Waals surface area (Å²) in [5, 5.41) is 5.71. The molecule has 10 nitrogen and oxygen atoms in total. The third-order valence-electron chi connectivity index (χ3n) is 4.92. The fraction of sp³-hybridized carbons (Fsp3) is 0.0952. The molecule has 4 N–H and O–H groups in total. The Balaban J connectivity index is 1.61. The normalized spacial score (nSPS) is 11.4. The maximum atomic E-state index is 13.0. The first-order chi connectivity index (χ1) is 16.1. The van der Waals surface area contributed by atoms with E-state index in [4.69, 9.17) is 11.6 Å². The minimum Gasteiger partial charge on any atom is -0.388 e. The summed E-state index contributed by atoms with van der Waals surface area (Å²) < 4.78 is 27.6. The second-order valence-electron chi connectivity index (χ2n) is 7.20. The van der Waals surface area contributed by atoms with Gasteiger partial charge in [0.05, 0.1) is 20.9 Å². The number of aromatic amines is 1. The summed E-state index contributed by atoms with van der Waals surface area (Å²) in [7, 11) is -2.35.